The molecule has 2 aliphatic carbocycles. The molecule has 4 N–H and O–H groups in total. The SMILES string of the molecule is COc1cc([C@@H]2c3cc4c(cc3[C@@H](NC(=O)CN3CCN(CCCN5CCN(CC(=O)N[C@@H]6c7cc8c(cc7[C@@H](c7cc(OC)c(O)c(OC)c7)[C@H]7C(=O)OC[C@@H]76)OCO8)CC5)CC3)[C@H]3COC(=O)[C@H]23)OCO4)cc(OC)c1O. The zero-order chi connectivity index (χ0) is 54.6. The van der Waals surface area contributed by atoms with E-state index in [1.165, 1.54) is 28.4 Å². The molecule has 4 aromatic rings. The van der Waals surface area contributed by atoms with Gasteiger partial charge < -0.3 is 78.0 Å². The van der Waals surface area contributed by atoms with Gasteiger partial charge in [-0.25, -0.2) is 0 Å². The molecule has 22 heteroatoms. The van der Waals surface area contributed by atoms with Gasteiger partial charge in [0, 0.05) is 76.0 Å². The zero-order valence-electron chi connectivity index (χ0n) is 44.7. The van der Waals surface area contributed by atoms with E-state index in [2.05, 4.69) is 30.2 Å². The summed E-state index contributed by atoms with van der Waals surface area (Å²) in [6, 6.07) is 13.3. The molecule has 4 fully saturated rings. The summed E-state index contributed by atoms with van der Waals surface area (Å²) in [6.45, 7) is 8.91. The predicted molar refractivity (Wildman–Crippen MR) is 279 cm³/mol. The van der Waals surface area contributed by atoms with Gasteiger partial charge >= 0.3 is 11.9 Å². The standard InChI is InChI=1S/C57H66N6O16/c1-70-42-16-30(17-43(71-2)54(42)66)48-32-20-38-40(78-28-76-38)22-34(32)52(36-26-74-56(68)50(36)48)58-46(64)24-62-12-8-60(9-13-62)6-5-7-61-10-14-63(15-11-61)25-47(65)59-53-35-23-41-39(77-29-79-41)21-33(35)49(51-37(53)27-75-57(51)69)31-18-44(72-3)55(67)45(19-31)73-4/h16-23,36-37,48-53,66-67H,5-15,24-29H2,1-4H3,(H,58,64)(H,59,65)/t36-,37-,48+,49+,50-,51-,52+,53+/m0/s1. The van der Waals surface area contributed by atoms with Crippen LogP contribution in [-0.4, -0.2) is 187 Å². The topological polar surface area (TPSA) is 238 Å². The first-order chi connectivity index (χ1) is 38.4. The van der Waals surface area contributed by atoms with Gasteiger partial charge in [0.2, 0.25) is 36.9 Å². The second kappa shape index (κ2) is 21.7. The molecule has 2 amide bonds. The van der Waals surface area contributed by atoms with Crippen molar-refractivity contribution in [1.29, 1.82) is 0 Å². The summed E-state index contributed by atoms with van der Waals surface area (Å²) < 4.78 is 56.7. The molecule has 0 saturated carbocycles. The number of esters is 2. The number of benzene rings is 4. The Kier molecular flexibility index (Phi) is 14.4. The van der Waals surface area contributed by atoms with Crippen LogP contribution in [0.5, 0.6) is 57.5 Å². The number of amides is 2. The van der Waals surface area contributed by atoms with Crippen LogP contribution in [0.1, 0.15) is 63.7 Å². The average molecular weight is 1090 g/mol. The van der Waals surface area contributed by atoms with E-state index in [1.807, 2.05) is 24.3 Å². The number of hydrogen-bond donors (Lipinski definition) is 4. The molecular weight excluding hydrogens is 1020 g/mol. The van der Waals surface area contributed by atoms with Crippen LogP contribution in [0.2, 0.25) is 0 Å². The lowest BCUT2D eigenvalue weighted by Crippen LogP contribution is -2.52. The Morgan fingerprint density at radius 3 is 1.16 bits per heavy atom. The van der Waals surface area contributed by atoms with E-state index in [-0.39, 0.29) is 110 Å². The van der Waals surface area contributed by atoms with Crippen molar-refractivity contribution >= 4 is 23.8 Å². The second-order valence-electron chi connectivity index (χ2n) is 21.5. The van der Waals surface area contributed by atoms with Crippen molar-refractivity contribution in [3.63, 3.8) is 0 Å². The molecule has 420 valence electrons. The smallest absolute Gasteiger partial charge is 0.310 e. The van der Waals surface area contributed by atoms with Gasteiger partial charge in [0.1, 0.15) is 0 Å². The molecule has 4 aromatic carbocycles. The number of ether oxygens (including phenoxy) is 10. The second-order valence-corrected chi connectivity index (χ2v) is 21.5. The van der Waals surface area contributed by atoms with E-state index in [0.717, 1.165) is 94.1 Å². The first kappa shape index (κ1) is 52.3. The molecule has 8 atom stereocenters. The molecule has 0 radical (unpaired) electrons. The number of nitrogens with zero attached hydrogens (tertiary/aromatic N) is 4. The Morgan fingerprint density at radius 2 is 0.823 bits per heavy atom. The highest BCUT2D eigenvalue weighted by Gasteiger charge is 2.55. The van der Waals surface area contributed by atoms with E-state index < -0.39 is 35.8 Å². The van der Waals surface area contributed by atoms with Crippen LogP contribution in [0.3, 0.4) is 0 Å². The monoisotopic (exact) mass is 1090 g/mol. The number of cyclic esters (lactones) is 2. The van der Waals surface area contributed by atoms with Crippen LogP contribution in [-0.2, 0) is 28.7 Å². The van der Waals surface area contributed by atoms with Crippen molar-refractivity contribution in [2.45, 2.75) is 30.3 Å². The molecule has 0 aromatic heterocycles. The van der Waals surface area contributed by atoms with E-state index in [1.54, 1.807) is 24.3 Å². The van der Waals surface area contributed by atoms with Crippen LogP contribution in [0.25, 0.3) is 0 Å². The van der Waals surface area contributed by atoms with Crippen molar-refractivity contribution < 1.29 is 76.8 Å². The summed E-state index contributed by atoms with van der Waals surface area (Å²) in [5, 5.41) is 28.1. The number of hydrogen-bond acceptors (Lipinski definition) is 20. The van der Waals surface area contributed by atoms with Gasteiger partial charge in [-0.2, -0.15) is 0 Å². The van der Waals surface area contributed by atoms with Crippen LogP contribution in [0.15, 0.2) is 48.5 Å². The van der Waals surface area contributed by atoms with Crippen molar-refractivity contribution in [1.82, 2.24) is 30.2 Å². The fraction of sp³-hybridized carbons (Fsp3) is 0.509. The van der Waals surface area contributed by atoms with Gasteiger partial charge in [0.25, 0.3) is 0 Å². The van der Waals surface area contributed by atoms with Gasteiger partial charge in [-0.3, -0.25) is 29.0 Å². The van der Waals surface area contributed by atoms with Crippen molar-refractivity contribution in [3.05, 3.63) is 81.9 Å². The highest BCUT2D eigenvalue weighted by atomic mass is 16.7. The quantitative estimate of drug-likeness (QED) is 0.118. The number of nitrogens with one attached hydrogen (secondary N) is 2. The van der Waals surface area contributed by atoms with E-state index >= 15 is 0 Å². The highest BCUT2D eigenvalue weighted by Crippen LogP contribution is 2.57. The number of aromatic hydroxyl groups is 2. The van der Waals surface area contributed by atoms with E-state index in [9.17, 15) is 29.4 Å². The van der Waals surface area contributed by atoms with Gasteiger partial charge in [0.05, 0.1) is 78.7 Å². The molecule has 0 bridgehead atoms. The number of fused-ring (bicyclic) bond motifs is 6. The fourth-order valence-corrected chi connectivity index (χ4v) is 13.4. The van der Waals surface area contributed by atoms with E-state index in [4.69, 9.17) is 47.4 Å². The molecular formula is C57H66N6O16. The first-order valence-electron chi connectivity index (χ1n) is 27.0. The normalized spacial score (nSPS) is 26.0. The molecule has 79 heavy (non-hydrogen) atoms. The molecule has 12 rings (SSSR count). The lowest BCUT2D eigenvalue weighted by atomic mass is 9.65. The third kappa shape index (κ3) is 9.75. The predicted octanol–water partition coefficient (Wildman–Crippen LogP) is 3.10. The molecule has 22 nitrogen and oxygen atoms in total. The van der Waals surface area contributed by atoms with E-state index in [0.29, 0.717) is 34.1 Å². The van der Waals surface area contributed by atoms with Crippen LogP contribution in [0, 0.1) is 23.7 Å². The van der Waals surface area contributed by atoms with Gasteiger partial charge in [0.15, 0.2) is 46.0 Å². The lowest BCUT2D eigenvalue weighted by molar-refractivity contribution is -0.142. The minimum Gasteiger partial charge on any atom is -0.502 e. The van der Waals surface area contributed by atoms with Crippen LogP contribution in [0.4, 0.5) is 0 Å². The Morgan fingerprint density at radius 1 is 0.494 bits per heavy atom. The Balaban J connectivity index is 0.625. The summed E-state index contributed by atoms with van der Waals surface area (Å²) in [5.74, 6) is -1.38. The summed E-state index contributed by atoms with van der Waals surface area (Å²) in [7, 11) is 5.82. The van der Waals surface area contributed by atoms with Crippen molar-refractivity contribution in [3.8, 4) is 57.5 Å². The molecule has 6 aliphatic heterocycles. The first-order valence-corrected chi connectivity index (χ1v) is 27.0. The summed E-state index contributed by atoms with van der Waals surface area (Å²) in [6.07, 6.45) is 0.988. The van der Waals surface area contributed by atoms with Gasteiger partial charge in [-0.05, 0) is 101 Å². The Hall–Kier alpha value is -7.40. The number of methoxy groups -OCH3 is 4. The lowest BCUT2D eigenvalue weighted by Gasteiger charge is -2.40. The number of phenols is 2. The molecule has 8 aliphatic rings. The Bertz CT molecular complexity index is 2780. The highest BCUT2D eigenvalue weighted by molar-refractivity contribution is 5.83. The molecule has 0 spiro atoms. The van der Waals surface area contributed by atoms with Crippen LogP contribution < -0.4 is 48.5 Å². The minimum atomic E-state index is -0.645. The largest absolute Gasteiger partial charge is 0.502 e. The average Bonchev–Trinajstić information content (AvgIpc) is 4.46. The van der Waals surface area contributed by atoms with Crippen molar-refractivity contribution in [2.75, 3.05) is 134 Å². The fourth-order valence-electron chi connectivity index (χ4n) is 13.4. The molecule has 6 heterocycles. The number of phenolic OH excluding ortho intramolecular Hbond substituents is 2. The number of rotatable bonds is 16. The maximum atomic E-state index is 14.0. The van der Waals surface area contributed by atoms with Gasteiger partial charge in [-0.15, -0.1) is 0 Å². The number of carbonyl (C=O) groups is 4. The number of carbonyl (C=O) groups excluding carboxylic acids is 4. The maximum absolute atomic E-state index is 14.0. The van der Waals surface area contributed by atoms with Crippen molar-refractivity contribution in [2.24, 2.45) is 23.7 Å². The molecule has 4 saturated heterocycles. The third-order valence-corrected chi connectivity index (χ3v) is 17.3. The summed E-state index contributed by atoms with van der Waals surface area (Å²) in [4.78, 5) is 64.5. The maximum Gasteiger partial charge on any atom is 0.310 e. The summed E-state index contributed by atoms with van der Waals surface area (Å²) in [5.41, 5.74) is 4.56. The van der Waals surface area contributed by atoms with Gasteiger partial charge in [-0.1, -0.05) is 0 Å². The zero-order valence-corrected chi connectivity index (χ0v) is 44.7. The third-order valence-electron chi connectivity index (χ3n) is 17.3. The number of piperazine rings is 2. The minimum absolute atomic E-state index is 0.0555. The van der Waals surface area contributed by atoms with Crippen LogP contribution >= 0.6 is 0 Å². The summed E-state index contributed by atoms with van der Waals surface area (Å²) >= 11 is 0. The molecule has 0 unspecified atom stereocenters. The Labute approximate surface area is 456 Å².